The van der Waals surface area contributed by atoms with Gasteiger partial charge in [-0.05, 0) is 47.5 Å². The topological polar surface area (TPSA) is 145 Å². The van der Waals surface area contributed by atoms with Crippen LogP contribution in [0.15, 0.2) is 21.9 Å². The van der Waals surface area contributed by atoms with Crippen LogP contribution in [0.25, 0.3) is 0 Å². The average molecular weight is 470 g/mol. The van der Waals surface area contributed by atoms with E-state index < -0.39 is 65.3 Å². The van der Waals surface area contributed by atoms with E-state index in [0.717, 1.165) is 10.6 Å². The van der Waals surface area contributed by atoms with Gasteiger partial charge in [-0.2, -0.15) is 4.57 Å². The molecule has 3 rings (SSSR count). The van der Waals surface area contributed by atoms with Crippen molar-refractivity contribution < 1.29 is 38.4 Å². The van der Waals surface area contributed by atoms with Gasteiger partial charge in [-0.15, -0.1) is 0 Å². The van der Waals surface area contributed by atoms with Gasteiger partial charge in [-0.25, -0.2) is 14.4 Å². The molecule has 0 spiro atoms. The Hall–Kier alpha value is -2.54. The van der Waals surface area contributed by atoms with Gasteiger partial charge in [-0.3, -0.25) is 9.36 Å². The number of aromatic nitrogens is 2. The predicted octanol–water partition coefficient (Wildman–Crippen LogP) is 0.525. The van der Waals surface area contributed by atoms with Crippen molar-refractivity contribution in [1.82, 2.24) is 9.13 Å². The van der Waals surface area contributed by atoms with Gasteiger partial charge >= 0.3 is 17.8 Å². The van der Waals surface area contributed by atoms with Crippen LogP contribution in [0.4, 0.5) is 4.79 Å². The van der Waals surface area contributed by atoms with Crippen LogP contribution in [-0.2, 0) is 28.5 Å². The highest BCUT2D eigenvalue weighted by molar-refractivity contribution is 5.74. The highest BCUT2D eigenvalue weighted by atomic mass is 16.8. The summed E-state index contributed by atoms with van der Waals surface area (Å²) in [6.45, 7) is 8.24. The molecule has 33 heavy (non-hydrogen) atoms. The maximum atomic E-state index is 13.1. The molecular formula is C21H30N2O10. The summed E-state index contributed by atoms with van der Waals surface area (Å²) in [5.41, 5.74) is -2.72. The van der Waals surface area contributed by atoms with E-state index in [1.807, 2.05) is 0 Å². The number of methoxy groups -OCH3 is 1. The lowest BCUT2D eigenvalue weighted by Gasteiger charge is -2.25. The molecule has 0 amide bonds. The Kier molecular flexibility index (Phi) is 6.85. The summed E-state index contributed by atoms with van der Waals surface area (Å²) in [7, 11) is 1.17. The zero-order valence-corrected chi connectivity index (χ0v) is 19.5. The summed E-state index contributed by atoms with van der Waals surface area (Å²) in [5, 5.41) is 9.92. The van der Waals surface area contributed by atoms with Crippen LogP contribution in [-0.4, -0.2) is 69.2 Å². The van der Waals surface area contributed by atoms with E-state index in [9.17, 15) is 24.3 Å². The fourth-order valence-corrected chi connectivity index (χ4v) is 3.85. The minimum Gasteiger partial charge on any atom is -0.467 e. The number of hydrogen-bond donors (Lipinski definition) is 1. The third-order valence-electron chi connectivity index (χ3n) is 5.18. The number of esters is 1. The molecule has 0 aromatic carbocycles. The summed E-state index contributed by atoms with van der Waals surface area (Å²) in [6.07, 6.45) is -4.05. The molecule has 0 radical (unpaired) electrons. The molecule has 184 valence electrons. The van der Waals surface area contributed by atoms with Crippen molar-refractivity contribution in [3.05, 3.63) is 33.1 Å². The molecular weight excluding hydrogens is 440 g/mol. The fraction of sp³-hybridized carbons (Fsp3) is 0.714. The summed E-state index contributed by atoms with van der Waals surface area (Å²) < 4.78 is 29.1. The average Bonchev–Trinajstić information content (AvgIpc) is 3.17. The standard InChI is InChI=1S/C21H30N2O10/c1-20(2,3)33-19(28)23-13(25)9-10-22(18(23)27)16-15-14(31-21(4,5)32-15)12(30-16)8-7-11(24)17(26)29-6/h9-12,14-16,24H,7-8H2,1-6H3/t11?,12-,14-,15-,16-/m1/s1. The molecule has 2 aliphatic rings. The van der Waals surface area contributed by atoms with Gasteiger partial charge in [0, 0.05) is 12.3 Å². The van der Waals surface area contributed by atoms with E-state index in [4.69, 9.17) is 18.9 Å². The number of nitrogens with zero attached hydrogens (tertiary/aromatic N) is 2. The molecule has 2 fully saturated rings. The molecule has 2 aliphatic heterocycles. The maximum absolute atomic E-state index is 13.1. The molecule has 0 bridgehead atoms. The number of fused-ring (bicyclic) bond motifs is 1. The number of carbonyl (C=O) groups is 2. The van der Waals surface area contributed by atoms with E-state index in [2.05, 4.69) is 4.74 Å². The van der Waals surface area contributed by atoms with Gasteiger partial charge in [0.05, 0.1) is 13.2 Å². The lowest BCUT2D eigenvalue weighted by Crippen LogP contribution is -2.47. The molecule has 1 N–H and O–H groups in total. The Morgan fingerprint density at radius 3 is 2.45 bits per heavy atom. The van der Waals surface area contributed by atoms with Gasteiger partial charge in [0.1, 0.15) is 17.8 Å². The largest absolute Gasteiger partial charge is 0.467 e. The van der Waals surface area contributed by atoms with Crippen LogP contribution >= 0.6 is 0 Å². The number of rotatable bonds is 5. The molecule has 5 atom stereocenters. The van der Waals surface area contributed by atoms with Gasteiger partial charge < -0.3 is 28.8 Å². The molecule has 3 heterocycles. The second-order valence-corrected chi connectivity index (χ2v) is 9.41. The lowest BCUT2D eigenvalue weighted by molar-refractivity contribution is -0.198. The highest BCUT2D eigenvalue weighted by Crippen LogP contribution is 2.43. The van der Waals surface area contributed by atoms with E-state index in [-0.39, 0.29) is 12.8 Å². The number of carbonyl (C=O) groups excluding carboxylic acids is 2. The molecule has 1 aromatic heterocycles. The summed E-state index contributed by atoms with van der Waals surface area (Å²) in [6, 6.07) is 1.05. The third kappa shape index (κ3) is 5.35. The molecule has 2 saturated heterocycles. The van der Waals surface area contributed by atoms with Gasteiger partial charge in [0.15, 0.2) is 18.1 Å². The first kappa shape index (κ1) is 25.1. The van der Waals surface area contributed by atoms with Crippen molar-refractivity contribution in [3.8, 4) is 0 Å². The minimum atomic E-state index is -1.34. The molecule has 12 heteroatoms. The summed E-state index contributed by atoms with van der Waals surface area (Å²) >= 11 is 0. The Balaban J connectivity index is 1.91. The van der Waals surface area contributed by atoms with E-state index in [1.54, 1.807) is 34.6 Å². The number of hydrogen-bond acceptors (Lipinski definition) is 10. The number of aliphatic hydroxyl groups is 1. The zero-order valence-electron chi connectivity index (χ0n) is 19.5. The monoisotopic (exact) mass is 470 g/mol. The first-order chi connectivity index (χ1) is 15.2. The van der Waals surface area contributed by atoms with Crippen LogP contribution in [0.1, 0.15) is 53.7 Å². The molecule has 12 nitrogen and oxygen atoms in total. The normalized spacial score (nSPS) is 27.1. The van der Waals surface area contributed by atoms with Crippen LogP contribution in [0, 0.1) is 0 Å². The van der Waals surface area contributed by atoms with Crippen molar-refractivity contribution in [3.63, 3.8) is 0 Å². The number of ether oxygens (including phenoxy) is 5. The van der Waals surface area contributed by atoms with Gasteiger partial charge in [-0.1, -0.05) is 0 Å². The van der Waals surface area contributed by atoms with Crippen molar-refractivity contribution in [2.75, 3.05) is 7.11 Å². The minimum absolute atomic E-state index is 0.0311. The maximum Gasteiger partial charge on any atom is 0.425 e. The van der Waals surface area contributed by atoms with Crippen molar-refractivity contribution in [2.45, 2.75) is 89.5 Å². The van der Waals surface area contributed by atoms with Crippen molar-refractivity contribution in [1.29, 1.82) is 0 Å². The SMILES string of the molecule is COC(=O)C(O)CC[C@H]1O[C@@H](n2ccc(=O)n(C(=O)OC(C)(C)C)c2=O)[C@@H]2OC(C)(C)O[C@@H]21. The quantitative estimate of drug-likeness (QED) is 0.605. The van der Waals surface area contributed by atoms with Gasteiger partial charge in [0.25, 0.3) is 5.56 Å². The van der Waals surface area contributed by atoms with Crippen LogP contribution in [0.5, 0.6) is 0 Å². The van der Waals surface area contributed by atoms with Crippen LogP contribution in [0.2, 0.25) is 0 Å². The Morgan fingerprint density at radius 2 is 1.85 bits per heavy atom. The lowest BCUT2D eigenvalue weighted by atomic mass is 10.0. The van der Waals surface area contributed by atoms with Crippen LogP contribution < -0.4 is 11.2 Å². The van der Waals surface area contributed by atoms with Crippen LogP contribution in [0.3, 0.4) is 0 Å². The zero-order chi connectivity index (χ0) is 24.7. The first-order valence-corrected chi connectivity index (χ1v) is 10.6. The second-order valence-electron chi connectivity index (χ2n) is 9.41. The predicted molar refractivity (Wildman–Crippen MR) is 112 cm³/mol. The fourth-order valence-electron chi connectivity index (χ4n) is 3.85. The smallest absolute Gasteiger partial charge is 0.425 e. The molecule has 1 aromatic rings. The van der Waals surface area contributed by atoms with Gasteiger partial charge in [0.2, 0.25) is 0 Å². The first-order valence-electron chi connectivity index (χ1n) is 10.6. The highest BCUT2D eigenvalue weighted by Gasteiger charge is 2.56. The van der Waals surface area contributed by atoms with E-state index in [0.29, 0.717) is 4.57 Å². The summed E-state index contributed by atoms with van der Waals surface area (Å²) in [5.74, 6) is -1.76. The summed E-state index contributed by atoms with van der Waals surface area (Å²) in [4.78, 5) is 49.4. The second kappa shape index (κ2) is 9.01. The Labute approximate surface area is 189 Å². The van der Waals surface area contributed by atoms with E-state index >= 15 is 0 Å². The Morgan fingerprint density at radius 1 is 1.21 bits per heavy atom. The Bertz CT molecular complexity index is 1020. The van der Waals surface area contributed by atoms with E-state index in [1.165, 1.54) is 13.3 Å². The molecule has 0 aliphatic carbocycles. The van der Waals surface area contributed by atoms with Crippen molar-refractivity contribution >= 4 is 12.1 Å². The number of aliphatic hydroxyl groups excluding tert-OH is 1. The molecule has 0 saturated carbocycles. The molecule has 1 unspecified atom stereocenters. The van der Waals surface area contributed by atoms with Crippen molar-refractivity contribution in [2.24, 2.45) is 0 Å². The third-order valence-corrected chi connectivity index (χ3v) is 5.18.